The number of hydrogen-bond donors (Lipinski definition) is 2. The van der Waals surface area contributed by atoms with Crippen molar-refractivity contribution in [3.8, 4) is 0 Å². The number of rotatable bonds is 4. The van der Waals surface area contributed by atoms with Crippen molar-refractivity contribution in [1.29, 1.82) is 0 Å². The lowest BCUT2D eigenvalue weighted by atomic mass is 10.1. The van der Waals surface area contributed by atoms with Gasteiger partial charge in [0.2, 0.25) is 5.89 Å². The maximum absolute atomic E-state index is 8.85. The molecular formula is C11H12ClN3O2. The molecule has 0 saturated carbocycles. The highest BCUT2D eigenvalue weighted by Crippen LogP contribution is 2.13. The van der Waals surface area contributed by atoms with Crippen LogP contribution < -0.4 is 5.73 Å². The summed E-state index contributed by atoms with van der Waals surface area (Å²) < 4.78 is 4.94. The Bertz CT molecular complexity index is 484. The average molecular weight is 254 g/mol. The molecule has 0 aliphatic rings. The quantitative estimate of drug-likeness (QED) is 0.858. The maximum Gasteiger partial charge on any atom is 0.245 e. The third kappa shape index (κ3) is 3.03. The zero-order valence-corrected chi connectivity index (χ0v) is 9.76. The topological polar surface area (TPSA) is 85.2 Å². The van der Waals surface area contributed by atoms with Crippen molar-refractivity contribution < 1.29 is 9.63 Å². The molecule has 0 amide bonds. The molecule has 0 radical (unpaired) electrons. The van der Waals surface area contributed by atoms with Gasteiger partial charge in [-0.1, -0.05) is 28.9 Å². The van der Waals surface area contributed by atoms with Gasteiger partial charge in [-0.25, -0.2) is 0 Å². The molecule has 1 aromatic carbocycles. The first-order chi connectivity index (χ1) is 8.19. The normalized spacial score (nSPS) is 12.6. The molecule has 0 unspecified atom stereocenters. The molecule has 0 aliphatic carbocycles. The maximum atomic E-state index is 8.85. The summed E-state index contributed by atoms with van der Waals surface area (Å²) >= 11 is 5.79. The predicted octanol–water partition coefficient (Wildman–Crippen LogP) is 1.31. The van der Waals surface area contributed by atoms with E-state index in [0.29, 0.717) is 17.3 Å². The van der Waals surface area contributed by atoms with Gasteiger partial charge >= 0.3 is 0 Å². The summed E-state index contributed by atoms with van der Waals surface area (Å²) in [6.45, 7) is -0.220. The molecule has 6 heteroatoms. The molecule has 17 heavy (non-hydrogen) atoms. The molecule has 1 atom stereocenters. The minimum absolute atomic E-state index is 0.220. The highest BCUT2D eigenvalue weighted by Gasteiger charge is 2.13. The van der Waals surface area contributed by atoms with E-state index in [4.69, 9.17) is 27.0 Å². The van der Waals surface area contributed by atoms with Gasteiger partial charge in [-0.15, -0.1) is 0 Å². The zero-order chi connectivity index (χ0) is 12.3. The number of nitrogens with zero attached hydrogens (tertiary/aromatic N) is 2. The Morgan fingerprint density at radius 3 is 2.71 bits per heavy atom. The molecule has 90 valence electrons. The Balaban J connectivity index is 2.08. The fraction of sp³-hybridized carbons (Fsp3) is 0.273. The smallest absolute Gasteiger partial charge is 0.245 e. The van der Waals surface area contributed by atoms with Crippen LogP contribution in [0.25, 0.3) is 0 Å². The SMILES string of the molecule is N[C@@H](CO)c1nc(Cc2ccc(Cl)cc2)no1. The lowest BCUT2D eigenvalue weighted by Crippen LogP contribution is -2.14. The van der Waals surface area contributed by atoms with E-state index in [1.54, 1.807) is 12.1 Å². The van der Waals surface area contributed by atoms with Gasteiger partial charge in [-0.05, 0) is 17.7 Å². The molecule has 3 N–H and O–H groups in total. The van der Waals surface area contributed by atoms with Crippen LogP contribution >= 0.6 is 11.6 Å². The summed E-state index contributed by atoms with van der Waals surface area (Å²) in [5.41, 5.74) is 6.58. The number of hydrogen-bond acceptors (Lipinski definition) is 5. The number of nitrogens with two attached hydrogens (primary N) is 1. The number of benzene rings is 1. The zero-order valence-electron chi connectivity index (χ0n) is 9.01. The molecule has 0 saturated heterocycles. The predicted molar refractivity (Wildman–Crippen MR) is 62.6 cm³/mol. The summed E-state index contributed by atoms with van der Waals surface area (Å²) in [6.07, 6.45) is 0.540. The van der Waals surface area contributed by atoms with Crippen molar-refractivity contribution in [1.82, 2.24) is 10.1 Å². The van der Waals surface area contributed by atoms with E-state index < -0.39 is 6.04 Å². The van der Waals surface area contributed by atoms with Gasteiger partial charge in [-0.2, -0.15) is 4.98 Å². The van der Waals surface area contributed by atoms with Gasteiger partial charge in [0.15, 0.2) is 5.82 Å². The summed E-state index contributed by atoms with van der Waals surface area (Å²) in [4.78, 5) is 4.10. The van der Waals surface area contributed by atoms with E-state index in [9.17, 15) is 0 Å². The highest BCUT2D eigenvalue weighted by atomic mass is 35.5. The van der Waals surface area contributed by atoms with Crippen LogP contribution in [0.4, 0.5) is 0 Å². The minimum atomic E-state index is -0.624. The first kappa shape index (κ1) is 12.0. The molecule has 0 spiro atoms. The van der Waals surface area contributed by atoms with Crippen LogP contribution in [-0.4, -0.2) is 21.9 Å². The monoisotopic (exact) mass is 253 g/mol. The lowest BCUT2D eigenvalue weighted by Gasteiger charge is -1.98. The van der Waals surface area contributed by atoms with Gasteiger partial charge in [0.05, 0.1) is 6.61 Å². The van der Waals surface area contributed by atoms with Gasteiger partial charge in [0, 0.05) is 11.4 Å². The second-order valence-corrected chi connectivity index (χ2v) is 4.08. The second kappa shape index (κ2) is 5.27. The molecule has 5 nitrogen and oxygen atoms in total. The third-order valence-corrected chi connectivity index (χ3v) is 2.53. The van der Waals surface area contributed by atoms with E-state index in [0.717, 1.165) is 5.56 Å². The van der Waals surface area contributed by atoms with Gasteiger partial charge in [0.25, 0.3) is 0 Å². The third-order valence-electron chi connectivity index (χ3n) is 2.27. The van der Waals surface area contributed by atoms with Crippen molar-refractivity contribution in [2.45, 2.75) is 12.5 Å². The molecule has 2 aromatic rings. The molecule has 0 fully saturated rings. The molecule has 1 heterocycles. The van der Waals surface area contributed by atoms with Gasteiger partial charge in [-0.3, -0.25) is 0 Å². The average Bonchev–Trinajstić information content (AvgIpc) is 2.80. The number of halogens is 1. The molecule has 0 bridgehead atoms. The van der Waals surface area contributed by atoms with E-state index in [1.807, 2.05) is 12.1 Å². The molecule has 0 aliphatic heterocycles. The summed E-state index contributed by atoms with van der Waals surface area (Å²) in [5.74, 6) is 0.780. The van der Waals surface area contributed by atoms with Crippen molar-refractivity contribution >= 4 is 11.6 Å². The molecular weight excluding hydrogens is 242 g/mol. The summed E-state index contributed by atoms with van der Waals surface area (Å²) in [5, 5.41) is 13.3. The van der Waals surface area contributed by atoms with Crippen LogP contribution in [0.15, 0.2) is 28.8 Å². The van der Waals surface area contributed by atoms with Crippen molar-refractivity contribution in [3.63, 3.8) is 0 Å². The van der Waals surface area contributed by atoms with E-state index in [-0.39, 0.29) is 12.5 Å². The van der Waals surface area contributed by atoms with Crippen LogP contribution in [0.1, 0.15) is 23.3 Å². The fourth-order valence-electron chi connectivity index (χ4n) is 1.35. The van der Waals surface area contributed by atoms with Gasteiger partial charge in [0.1, 0.15) is 6.04 Å². The number of aliphatic hydroxyl groups is 1. The van der Waals surface area contributed by atoms with Crippen molar-refractivity contribution in [2.24, 2.45) is 5.73 Å². The van der Waals surface area contributed by atoms with Crippen LogP contribution in [0, 0.1) is 0 Å². The van der Waals surface area contributed by atoms with Crippen LogP contribution in [0.5, 0.6) is 0 Å². The first-order valence-electron chi connectivity index (χ1n) is 5.12. The van der Waals surface area contributed by atoms with Crippen LogP contribution in [0.2, 0.25) is 5.02 Å². The second-order valence-electron chi connectivity index (χ2n) is 3.64. The molecule has 2 rings (SSSR count). The van der Waals surface area contributed by atoms with Gasteiger partial charge < -0.3 is 15.4 Å². The Labute approximate surface area is 103 Å². The number of aromatic nitrogens is 2. The summed E-state index contributed by atoms with van der Waals surface area (Å²) in [6, 6.07) is 6.77. The van der Waals surface area contributed by atoms with Crippen molar-refractivity contribution in [2.75, 3.05) is 6.61 Å². The van der Waals surface area contributed by atoms with E-state index >= 15 is 0 Å². The minimum Gasteiger partial charge on any atom is -0.394 e. The van der Waals surface area contributed by atoms with E-state index in [2.05, 4.69) is 10.1 Å². The Morgan fingerprint density at radius 2 is 2.06 bits per heavy atom. The fourth-order valence-corrected chi connectivity index (χ4v) is 1.48. The lowest BCUT2D eigenvalue weighted by molar-refractivity contribution is 0.236. The Hall–Kier alpha value is -1.43. The first-order valence-corrected chi connectivity index (χ1v) is 5.50. The van der Waals surface area contributed by atoms with Crippen LogP contribution in [-0.2, 0) is 6.42 Å². The Morgan fingerprint density at radius 1 is 1.35 bits per heavy atom. The standard InChI is InChI=1S/C11H12ClN3O2/c12-8-3-1-7(2-4-8)5-10-14-11(17-15-10)9(13)6-16/h1-4,9,16H,5-6,13H2/t9-/m0/s1. The van der Waals surface area contributed by atoms with Crippen LogP contribution in [0.3, 0.4) is 0 Å². The largest absolute Gasteiger partial charge is 0.394 e. The van der Waals surface area contributed by atoms with E-state index in [1.165, 1.54) is 0 Å². The molecule has 1 aromatic heterocycles. The summed E-state index contributed by atoms with van der Waals surface area (Å²) in [7, 11) is 0. The van der Waals surface area contributed by atoms with Crippen molar-refractivity contribution in [3.05, 3.63) is 46.6 Å². The highest BCUT2D eigenvalue weighted by molar-refractivity contribution is 6.30. The Kier molecular flexibility index (Phi) is 3.73. The number of aliphatic hydroxyl groups excluding tert-OH is 1.